The molecular weight excluding hydrogens is 541 g/mol. The number of hydrogen-bond acceptors (Lipinski definition) is 6. The van der Waals surface area contributed by atoms with Gasteiger partial charge >= 0.3 is 6.18 Å². The summed E-state index contributed by atoms with van der Waals surface area (Å²) in [5, 5.41) is 14.5. The molecule has 2 aromatic heterocycles. The lowest BCUT2D eigenvalue weighted by Gasteiger charge is -2.36. The van der Waals surface area contributed by atoms with Gasteiger partial charge in [-0.05, 0) is 42.2 Å². The van der Waals surface area contributed by atoms with Crippen molar-refractivity contribution in [1.29, 1.82) is 5.26 Å². The summed E-state index contributed by atoms with van der Waals surface area (Å²) in [6, 6.07) is 15.6. The van der Waals surface area contributed by atoms with E-state index in [1.54, 1.807) is 18.2 Å². The van der Waals surface area contributed by atoms with E-state index in [9.17, 15) is 14.9 Å². The second kappa shape index (κ2) is 10.8. The van der Waals surface area contributed by atoms with E-state index < -0.39 is 22.9 Å². The molecule has 4 rings (SSSR count). The highest BCUT2D eigenvalue weighted by Gasteiger charge is 2.60. The molecule has 2 amide bonds. The fourth-order valence-corrected chi connectivity index (χ4v) is 5.37. The molecule has 1 unspecified atom stereocenters. The summed E-state index contributed by atoms with van der Waals surface area (Å²) in [6.45, 7) is 3.40. The first-order chi connectivity index (χ1) is 19.0. The SMILES string of the molecule is C=CC(=O)Nc1ccc(-c2c(C(NC(=O)c3ccccc3)(SC)C(F)(F)F)c3c(N)ncc(C#N)c3n2C)cc1. The Morgan fingerprint density at radius 3 is 2.35 bits per heavy atom. The number of thioether (sulfide) groups is 1. The molecule has 2 heterocycles. The van der Waals surface area contributed by atoms with E-state index in [2.05, 4.69) is 22.2 Å². The summed E-state index contributed by atoms with van der Waals surface area (Å²) in [6.07, 6.45) is -1.53. The Bertz CT molecular complexity index is 1660. The molecule has 4 N–H and O–H groups in total. The number of anilines is 2. The van der Waals surface area contributed by atoms with Crippen LogP contribution in [0.1, 0.15) is 21.5 Å². The molecule has 0 spiro atoms. The number of nitrogens with two attached hydrogens (primary N) is 1. The third-order valence-corrected chi connectivity index (χ3v) is 7.50. The van der Waals surface area contributed by atoms with Crippen molar-refractivity contribution in [2.45, 2.75) is 11.0 Å². The van der Waals surface area contributed by atoms with Crippen LogP contribution in [0.2, 0.25) is 0 Å². The van der Waals surface area contributed by atoms with E-state index in [-0.39, 0.29) is 39.1 Å². The molecule has 0 saturated heterocycles. The highest BCUT2D eigenvalue weighted by atomic mass is 32.2. The van der Waals surface area contributed by atoms with E-state index in [1.165, 1.54) is 60.5 Å². The minimum absolute atomic E-state index is 0.000583. The van der Waals surface area contributed by atoms with Gasteiger partial charge in [-0.3, -0.25) is 9.59 Å². The summed E-state index contributed by atoms with van der Waals surface area (Å²) in [4.78, 5) is 26.0. The maximum atomic E-state index is 15.3. The smallest absolute Gasteiger partial charge is 0.383 e. The van der Waals surface area contributed by atoms with Crippen LogP contribution in [0, 0.1) is 11.3 Å². The third kappa shape index (κ3) is 4.76. The average Bonchev–Trinajstić information content (AvgIpc) is 3.26. The number of rotatable bonds is 7. The van der Waals surface area contributed by atoms with Gasteiger partial charge in [0.15, 0.2) is 0 Å². The van der Waals surface area contributed by atoms with Gasteiger partial charge in [-0.15, -0.1) is 11.8 Å². The number of nitrogen functional groups attached to an aromatic ring is 1. The van der Waals surface area contributed by atoms with Gasteiger partial charge in [-0.25, -0.2) is 4.98 Å². The van der Waals surface area contributed by atoms with Crippen LogP contribution in [0.25, 0.3) is 22.2 Å². The summed E-state index contributed by atoms with van der Waals surface area (Å²) in [7, 11) is 1.51. The number of nitrogens with zero attached hydrogens (tertiary/aromatic N) is 3. The van der Waals surface area contributed by atoms with Gasteiger partial charge < -0.3 is 20.9 Å². The quantitative estimate of drug-likeness (QED) is 0.206. The van der Waals surface area contributed by atoms with Crippen molar-refractivity contribution in [3.63, 3.8) is 0 Å². The topological polar surface area (TPSA) is 126 Å². The second-order valence-corrected chi connectivity index (χ2v) is 9.67. The molecule has 0 aliphatic heterocycles. The molecule has 0 aliphatic carbocycles. The number of carbonyl (C=O) groups is 2. The molecule has 40 heavy (non-hydrogen) atoms. The molecule has 2 aromatic carbocycles. The van der Waals surface area contributed by atoms with E-state index >= 15 is 13.2 Å². The zero-order valence-electron chi connectivity index (χ0n) is 21.3. The Kier molecular flexibility index (Phi) is 7.61. The summed E-state index contributed by atoms with van der Waals surface area (Å²) < 4.78 is 47.3. The second-order valence-electron chi connectivity index (χ2n) is 8.65. The molecule has 8 nitrogen and oxygen atoms in total. The van der Waals surface area contributed by atoms with Crippen LogP contribution in [0.3, 0.4) is 0 Å². The lowest BCUT2D eigenvalue weighted by atomic mass is 9.96. The van der Waals surface area contributed by atoms with Crippen molar-refractivity contribution in [2.24, 2.45) is 7.05 Å². The Balaban J connectivity index is 2.08. The predicted octanol–water partition coefficient (Wildman–Crippen LogP) is 5.33. The largest absolute Gasteiger partial charge is 0.425 e. The van der Waals surface area contributed by atoms with Gasteiger partial charge in [0.25, 0.3) is 5.91 Å². The molecule has 0 bridgehead atoms. The van der Waals surface area contributed by atoms with Gasteiger partial charge in [0.05, 0.1) is 22.2 Å². The number of benzene rings is 2. The van der Waals surface area contributed by atoms with Crippen LogP contribution in [0.4, 0.5) is 24.7 Å². The fourth-order valence-electron chi connectivity index (χ4n) is 4.54. The first kappa shape index (κ1) is 28.3. The molecule has 1 atom stereocenters. The number of halogens is 3. The summed E-state index contributed by atoms with van der Waals surface area (Å²) >= 11 is 0.370. The lowest BCUT2D eigenvalue weighted by molar-refractivity contribution is -0.167. The van der Waals surface area contributed by atoms with Crippen molar-refractivity contribution in [3.05, 3.63) is 90.1 Å². The van der Waals surface area contributed by atoms with Gasteiger partial charge in [-0.2, -0.15) is 18.4 Å². The highest BCUT2D eigenvalue weighted by Crippen LogP contribution is 2.53. The fraction of sp³-hybridized carbons (Fsp3) is 0.143. The minimum atomic E-state index is -5.03. The maximum Gasteiger partial charge on any atom is 0.425 e. The third-order valence-electron chi connectivity index (χ3n) is 6.35. The zero-order valence-corrected chi connectivity index (χ0v) is 22.2. The Labute approximate surface area is 231 Å². The van der Waals surface area contributed by atoms with E-state index in [1.807, 2.05) is 6.07 Å². The molecule has 4 aromatic rings. The Morgan fingerprint density at radius 1 is 1.15 bits per heavy atom. The van der Waals surface area contributed by atoms with Crippen LogP contribution in [0.15, 0.2) is 73.4 Å². The number of alkyl halides is 3. The van der Waals surface area contributed by atoms with Crippen molar-refractivity contribution < 1.29 is 22.8 Å². The summed E-state index contributed by atoms with van der Waals surface area (Å²) in [5.74, 6) is -1.66. The molecule has 0 fully saturated rings. The van der Waals surface area contributed by atoms with Crippen LogP contribution in [-0.4, -0.2) is 33.8 Å². The summed E-state index contributed by atoms with van der Waals surface area (Å²) in [5.41, 5.74) is 6.71. The van der Waals surface area contributed by atoms with Crippen LogP contribution < -0.4 is 16.4 Å². The van der Waals surface area contributed by atoms with Crippen molar-refractivity contribution in [2.75, 3.05) is 17.3 Å². The Morgan fingerprint density at radius 2 is 1.80 bits per heavy atom. The molecular formula is C28H23F3N6O2S. The van der Waals surface area contributed by atoms with Crippen LogP contribution in [0.5, 0.6) is 0 Å². The van der Waals surface area contributed by atoms with Crippen molar-refractivity contribution >= 4 is 46.0 Å². The number of pyridine rings is 1. The predicted molar refractivity (Wildman–Crippen MR) is 149 cm³/mol. The number of hydrogen-bond donors (Lipinski definition) is 3. The van der Waals surface area contributed by atoms with Crippen LogP contribution in [-0.2, 0) is 16.7 Å². The van der Waals surface area contributed by atoms with E-state index in [0.717, 1.165) is 6.08 Å². The minimum Gasteiger partial charge on any atom is -0.383 e. The van der Waals surface area contributed by atoms with Gasteiger partial charge in [-0.1, -0.05) is 36.9 Å². The highest BCUT2D eigenvalue weighted by molar-refractivity contribution is 7.99. The van der Waals surface area contributed by atoms with Gasteiger partial charge in [0, 0.05) is 30.1 Å². The number of nitriles is 1. The van der Waals surface area contributed by atoms with Crippen molar-refractivity contribution in [1.82, 2.24) is 14.9 Å². The van der Waals surface area contributed by atoms with E-state index in [0.29, 0.717) is 23.0 Å². The number of aryl methyl sites for hydroxylation is 1. The Hall–Kier alpha value is -4.76. The first-order valence-corrected chi connectivity index (χ1v) is 12.9. The average molecular weight is 565 g/mol. The number of fused-ring (bicyclic) bond motifs is 1. The first-order valence-electron chi connectivity index (χ1n) is 11.7. The van der Waals surface area contributed by atoms with Crippen molar-refractivity contribution in [3.8, 4) is 17.3 Å². The number of amides is 2. The standard InChI is InChI=1S/C28H23F3N6O2S/c1-4-20(38)35-19-12-10-16(11-13-19)24-22(21-23(37(24)2)18(14-32)15-34-25(21)33)27(40-3,28(29,30)31)36-26(39)17-8-6-5-7-9-17/h4-13,15H,1H2,2-3H3,(H2,33,34)(H,35,38)(H,36,39). The zero-order chi connectivity index (χ0) is 29.2. The van der Waals surface area contributed by atoms with E-state index in [4.69, 9.17) is 5.73 Å². The molecule has 0 radical (unpaired) electrons. The monoisotopic (exact) mass is 564 g/mol. The number of aromatic nitrogens is 2. The molecule has 12 heteroatoms. The van der Waals surface area contributed by atoms with Gasteiger partial charge in [0.2, 0.25) is 10.8 Å². The lowest BCUT2D eigenvalue weighted by Crippen LogP contribution is -2.54. The molecule has 204 valence electrons. The maximum absolute atomic E-state index is 15.3. The molecule has 0 saturated carbocycles. The molecule has 0 aliphatic rings. The van der Waals surface area contributed by atoms with Gasteiger partial charge in [0.1, 0.15) is 11.9 Å². The van der Waals surface area contributed by atoms with Crippen LogP contribution >= 0.6 is 11.8 Å². The normalized spacial score (nSPS) is 12.8. The number of nitrogens with one attached hydrogen (secondary N) is 2. The number of carbonyl (C=O) groups excluding carboxylic acids is 2.